The van der Waals surface area contributed by atoms with Crippen molar-refractivity contribution in [1.82, 2.24) is 5.32 Å². The van der Waals surface area contributed by atoms with Crippen molar-refractivity contribution in [3.05, 3.63) is 65.5 Å². The highest BCUT2D eigenvalue weighted by Crippen LogP contribution is 2.48. The number of hydrogen-bond acceptors (Lipinski definition) is 3. The van der Waals surface area contributed by atoms with Crippen LogP contribution in [0.1, 0.15) is 17.9 Å². The van der Waals surface area contributed by atoms with Crippen LogP contribution in [0.25, 0.3) is 0 Å². The number of rotatable bonds is 7. The van der Waals surface area contributed by atoms with Crippen LogP contribution in [0.15, 0.2) is 42.5 Å². The van der Waals surface area contributed by atoms with E-state index in [1.54, 1.807) is 0 Å². The summed E-state index contributed by atoms with van der Waals surface area (Å²) >= 11 is 0. The molecular formula is C19H16F3NO4. The number of ether oxygens (including phenoxy) is 1. The van der Waals surface area contributed by atoms with Gasteiger partial charge in [0.15, 0.2) is 11.6 Å². The summed E-state index contributed by atoms with van der Waals surface area (Å²) in [7, 11) is 0. The van der Waals surface area contributed by atoms with Crippen LogP contribution in [-0.4, -0.2) is 29.6 Å². The first kappa shape index (κ1) is 18.8. The highest BCUT2D eigenvalue weighted by atomic mass is 19.2. The lowest BCUT2D eigenvalue weighted by Gasteiger charge is -2.16. The number of benzene rings is 2. The number of nitrogens with one attached hydrogen (secondary N) is 1. The van der Waals surface area contributed by atoms with E-state index in [1.807, 2.05) is 0 Å². The number of halogens is 3. The van der Waals surface area contributed by atoms with Gasteiger partial charge in [-0.15, -0.1) is 0 Å². The van der Waals surface area contributed by atoms with E-state index >= 15 is 0 Å². The highest BCUT2D eigenvalue weighted by molar-refractivity contribution is 5.83. The molecule has 5 nitrogen and oxygen atoms in total. The van der Waals surface area contributed by atoms with Gasteiger partial charge in [-0.25, -0.2) is 18.0 Å². The molecule has 2 aromatic carbocycles. The second-order valence-electron chi connectivity index (χ2n) is 6.24. The molecule has 0 aromatic heterocycles. The maximum Gasteiger partial charge on any atom is 0.346 e. The summed E-state index contributed by atoms with van der Waals surface area (Å²) in [5, 5.41) is 11.7. The van der Waals surface area contributed by atoms with Gasteiger partial charge in [-0.05, 0) is 48.2 Å². The van der Waals surface area contributed by atoms with E-state index in [9.17, 15) is 27.9 Å². The molecule has 0 saturated heterocycles. The van der Waals surface area contributed by atoms with Gasteiger partial charge >= 0.3 is 5.97 Å². The highest BCUT2D eigenvalue weighted by Gasteiger charge is 2.45. The molecule has 2 aromatic rings. The van der Waals surface area contributed by atoms with Crippen molar-refractivity contribution in [2.24, 2.45) is 5.92 Å². The summed E-state index contributed by atoms with van der Waals surface area (Å²) in [5.74, 6) is -5.06. The Morgan fingerprint density at radius 3 is 2.52 bits per heavy atom. The van der Waals surface area contributed by atoms with Crippen molar-refractivity contribution in [1.29, 1.82) is 0 Å². The third-order valence-corrected chi connectivity index (χ3v) is 4.34. The Balaban J connectivity index is 1.56. The Labute approximate surface area is 152 Å². The molecule has 142 valence electrons. The van der Waals surface area contributed by atoms with Crippen molar-refractivity contribution < 1.29 is 32.6 Å². The molecule has 0 radical (unpaired) electrons. The fourth-order valence-corrected chi connectivity index (χ4v) is 2.82. The summed E-state index contributed by atoms with van der Waals surface area (Å²) in [6.07, 6.45) is -1.02. The van der Waals surface area contributed by atoms with E-state index in [-0.39, 0.29) is 17.9 Å². The van der Waals surface area contributed by atoms with Crippen LogP contribution in [0.4, 0.5) is 13.2 Å². The minimum absolute atomic E-state index is 0.132. The van der Waals surface area contributed by atoms with Gasteiger partial charge in [0, 0.05) is 5.92 Å². The predicted octanol–water partition coefficient (Wildman–Crippen LogP) is 2.86. The van der Waals surface area contributed by atoms with Gasteiger partial charge in [-0.2, -0.15) is 0 Å². The van der Waals surface area contributed by atoms with Gasteiger partial charge in [0.1, 0.15) is 11.6 Å². The Hall–Kier alpha value is -3.03. The minimum Gasteiger partial charge on any atom is -0.478 e. The smallest absolute Gasteiger partial charge is 0.346 e. The normalized spacial score (nSPS) is 19.2. The van der Waals surface area contributed by atoms with E-state index in [2.05, 4.69) is 5.32 Å². The number of carbonyl (C=O) groups is 2. The van der Waals surface area contributed by atoms with E-state index < -0.39 is 47.3 Å². The topological polar surface area (TPSA) is 75.6 Å². The minimum atomic E-state index is -1.37. The van der Waals surface area contributed by atoms with Gasteiger partial charge in [0.25, 0.3) is 0 Å². The molecule has 0 aliphatic heterocycles. The van der Waals surface area contributed by atoms with E-state index in [0.29, 0.717) is 6.42 Å². The number of carboxylic acid groups (broad SMARTS) is 1. The average molecular weight is 379 g/mol. The van der Waals surface area contributed by atoms with Crippen molar-refractivity contribution in [2.75, 3.05) is 6.54 Å². The molecule has 3 rings (SSSR count). The average Bonchev–Trinajstić information content (AvgIpc) is 3.42. The van der Waals surface area contributed by atoms with Gasteiger partial charge in [-0.3, -0.25) is 4.79 Å². The summed E-state index contributed by atoms with van der Waals surface area (Å²) in [5.41, 5.74) is 0.132. The number of aliphatic carboxylic acids is 1. The Kier molecular flexibility index (Phi) is 5.34. The zero-order chi connectivity index (χ0) is 19.6. The molecule has 8 heteroatoms. The zero-order valence-corrected chi connectivity index (χ0v) is 14.0. The molecule has 0 bridgehead atoms. The van der Waals surface area contributed by atoms with Crippen LogP contribution < -0.4 is 10.1 Å². The summed E-state index contributed by atoms with van der Waals surface area (Å²) in [4.78, 5) is 23.5. The molecule has 0 heterocycles. The van der Waals surface area contributed by atoms with Crippen LogP contribution in [-0.2, 0) is 9.59 Å². The largest absolute Gasteiger partial charge is 0.478 e. The third kappa shape index (κ3) is 4.39. The molecule has 3 atom stereocenters. The second-order valence-corrected chi connectivity index (χ2v) is 6.24. The monoisotopic (exact) mass is 379 g/mol. The maximum atomic E-state index is 13.8. The number of carbonyl (C=O) groups excluding carboxylic acids is 1. The summed E-state index contributed by atoms with van der Waals surface area (Å²) < 4.78 is 45.2. The molecular weight excluding hydrogens is 363 g/mol. The van der Waals surface area contributed by atoms with Crippen LogP contribution >= 0.6 is 0 Å². The standard InChI is InChI=1S/C19H16F3NO4/c20-10-4-6-11(7-5-10)27-16(19(25)26)9-23-18(24)14-8-13(14)12-2-1-3-15(21)17(12)22/h1-7,13-14,16H,8-9H2,(H,23,24)(H,25,26). The number of hydrogen-bond donors (Lipinski definition) is 2. The molecule has 1 fully saturated rings. The van der Waals surface area contributed by atoms with Crippen LogP contribution in [0, 0.1) is 23.4 Å². The maximum absolute atomic E-state index is 13.8. The van der Waals surface area contributed by atoms with E-state index in [4.69, 9.17) is 4.74 Å². The van der Waals surface area contributed by atoms with Gasteiger partial charge < -0.3 is 15.2 Å². The molecule has 2 N–H and O–H groups in total. The molecule has 1 amide bonds. The SMILES string of the molecule is O=C(O)C(CNC(=O)C1CC1c1cccc(F)c1F)Oc1ccc(F)cc1. The fourth-order valence-electron chi connectivity index (χ4n) is 2.82. The first-order valence-corrected chi connectivity index (χ1v) is 8.23. The molecule has 3 unspecified atom stereocenters. The van der Waals surface area contributed by atoms with Crippen molar-refractivity contribution >= 4 is 11.9 Å². The molecule has 1 saturated carbocycles. The summed E-state index contributed by atoms with van der Waals surface area (Å²) in [6, 6.07) is 8.59. The summed E-state index contributed by atoms with van der Waals surface area (Å²) in [6.45, 7) is -0.319. The fraction of sp³-hybridized carbons (Fsp3) is 0.263. The first-order chi connectivity index (χ1) is 12.9. The van der Waals surface area contributed by atoms with Gasteiger partial charge in [0.05, 0.1) is 6.54 Å². The van der Waals surface area contributed by atoms with Crippen molar-refractivity contribution in [3.8, 4) is 5.75 Å². The quantitative estimate of drug-likeness (QED) is 0.776. The zero-order valence-electron chi connectivity index (χ0n) is 14.0. The first-order valence-electron chi connectivity index (χ1n) is 8.23. The Morgan fingerprint density at radius 1 is 1.15 bits per heavy atom. The molecule has 0 spiro atoms. The lowest BCUT2D eigenvalue weighted by Crippen LogP contribution is -2.41. The van der Waals surface area contributed by atoms with E-state index in [0.717, 1.165) is 18.2 Å². The van der Waals surface area contributed by atoms with Crippen LogP contribution in [0.3, 0.4) is 0 Å². The molecule has 27 heavy (non-hydrogen) atoms. The van der Waals surface area contributed by atoms with Gasteiger partial charge in [-0.1, -0.05) is 12.1 Å². The predicted molar refractivity (Wildman–Crippen MR) is 88.7 cm³/mol. The van der Waals surface area contributed by atoms with Gasteiger partial charge in [0.2, 0.25) is 12.0 Å². The van der Waals surface area contributed by atoms with Crippen molar-refractivity contribution in [3.63, 3.8) is 0 Å². The Bertz CT molecular complexity index is 857. The lowest BCUT2D eigenvalue weighted by molar-refractivity contribution is -0.145. The third-order valence-electron chi connectivity index (χ3n) is 4.34. The van der Waals surface area contributed by atoms with Crippen LogP contribution in [0.2, 0.25) is 0 Å². The van der Waals surface area contributed by atoms with Crippen molar-refractivity contribution in [2.45, 2.75) is 18.4 Å². The molecule has 1 aliphatic carbocycles. The lowest BCUT2D eigenvalue weighted by atomic mass is 10.1. The van der Waals surface area contributed by atoms with E-state index in [1.165, 1.54) is 24.3 Å². The molecule has 1 aliphatic rings. The number of amides is 1. The number of carboxylic acids is 1. The van der Waals surface area contributed by atoms with Crippen LogP contribution in [0.5, 0.6) is 5.75 Å². The second kappa shape index (κ2) is 7.69. The Morgan fingerprint density at radius 2 is 1.85 bits per heavy atom.